The average Bonchev–Trinajstić information content (AvgIpc) is 3.07. The lowest BCUT2D eigenvalue weighted by molar-refractivity contribution is 0.0924. The Bertz CT molecular complexity index is 1180. The maximum absolute atomic E-state index is 12.8. The quantitative estimate of drug-likeness (QED) is 0.265. The Kier molecular flexibility index (Phi) is 7.05. The number of nitrogen functional groups attached to an aromatic ring is 1. The molecule has 2 amide bonds. The summed E-state index contributed by atoms with van der Waals surface area (Å²) in [6, 6.07) is 7.16. The largest absolute Gasteiger partial charge is 0.445 e. The highest BCUT2D eigenvalue weighted by Gasteiger charge is 2.24. The number of thioether (sulfide) groups is 1. The van der Waals surface area contributed by atoms with Gasteiger partial charge < -0.3 is 15.8 Å². The van der Waals surface area contributed by atoms with Crippen molar-refractivity contribution in [3.05, 3.63) is 41.8 Å². The van der Waals surface area contributed by atoms with Crippen molar-refractivity contribution in [3.8, 4) is 11.3 Å². The number of nitrogens with two attached hydrogens (primary N) is 1. The van der Waals surface area contributed by atoms with Gasteiger partial charge in [-0.15, -0.1) is 11.3 Å². The van der Waals surface area contributed by atoms with E-state index < -0.39 is 11.6 Å². The molecule has 0 saturated carbocycles. The molecular weight excluding hydrogens is 446 g/mol. The van der Waals surface area contributed by atoms with Gasteiger partial charge in [-0.1, -0.05) is 36.5 Å². The SMILES string of the molecule is C=CCOC(=O)Nc1cccc(-c2nc(SC)nc3sc(C(=O)NC(C)(C)C)c(N)c23)c1. The van der Waals surface area contributed by atoms with Crippen molar-refractivity contribution < 1.29 is 14.3 Å². The van der Waals surface area contributed by atoms with Crippen molar-refractivity contribution in [2.75, 3.05) is 23.9 Å². The number of carbonyl (C=O) groups excluding carboxylic acids is 2. The molecule has 2 aromatic heterocycles. The highest BCUT2D eigenvalue weighted by molar-refractivity contribution is 7.98. The van der Waals surface area contributed by atoms with Crippen molar-refractivity contribution in [1.82, 2.24) is 15.3 Å². The number of carbonyl (C=O) groups is 2. The van der Waals surface area contributed by atoms with Gasteiger partial charge in [0.15, 0.2) is 5.16 Å². The molecule has 3 rings (SSSR count). The first-order valence-electron chi connectivity index (χ1n) is 9.74. The van der Waals surface area contributed by atoms with E-state index >= 15 is 0 Å². The van der Waals surface area contributed by atoms with E-state index in [9.17, 15) is 9.59 Å². The molecule has 0 aliphatic carbocycles. The van der Waals surface area contributed by atoms with Crippen LogP contribution in [-0.4, -0.2) is 40.4 Å². The van der Waals surface area contributed by atoms with E-state index in [0.29, 0.717) is 37.3 Å². The van der Waals surface area contributed by atoms with Crippen LogP contribution >= 0.6 is 23.1 Å². The van der Waals surface area contributed by atoms with Gasteiger partial charge in [-0.3, -0.25) is 10.1 Å². The second kappa shape index (κ2) is 9.58. The molecular formula is C22H25N5O3S2. The Labute approximate surface area is 194 Å². The summed E-state index contributed by atoms with van der Waals surface area (Å²) in [5, 5.41) is 6.78. The molecule has 3 aromatic rings. The minimum absolute atomic E-state index is 0.111. The molecule has 0 bridgehead atoms. The number of thiophene rings is 1. The topological polar surface area (TPSA) is 119 Å². The Hall–Kier alpha value is -3.11. The molecule has 10 heteroatoms. The molecule has 0 fully saturated rings. The van der Waals surface area contributed by atoms with E-state index in [0.717, 1.165) is 5.56 Å². The molecule has 0 radical (unpaired) electrons. The predicted octanol–water partition coefficient (Wildman–Crippen LogP) is 4.93. The summed E-state index contributed by atoms with van der Waals surface area (Å²) in [4.78, 5) is 35.0. The molecule has 0 unspecified atom stereocenters. The van der Waals surface area contributed by atoms with E-state index in [4.69, 9.17) is 10.5 Å². The van der Waals surface area contributed by atoms with Gasteiger partial charge in [0.2, 0.25) is 0 Å². The van der Waals surface area contributed by atoms with Crippen LogP contribution in [0.15, 0.2) is 42.1 Å². The summed E-state index contributed by atoms with van der Waals surface area (Å²) >= 11 is 2.63. The molecule has 1 aromatic carbocycles. The fourth-order valence-electron chi connectivity index (χ4n) is 2.90. The van der Waals surface area contributed by atoms with Crippen molar-refractivity contribution in [1.29, 1.82) is 0 Å². The summed E-state index contributed by atoms with van der Waals surface area (Å²) in [5.74, 6) is -0.255. The van der Waals surface area contributed by atoms with Crippen LogP contribution < -0.4 is 16.4 Å². The smallest absolute Gasteiger partial charge is 0.411 e. The zero-order valence-electron chi connectivity index (χ0n) is 18.3. The monoisotopic (exact) mass is 471 g/mol. The zero-order valence-corrected chi connectivity index (χ0v) is 19.9. The number of fused-ring (bicyclic) bond motifs is 1. The van der Waals surface area contributed by atoms with E-state index in [1.807, 2.05) is 33.1 Å². The predicted molar refractivity (Wildman–Crippen MR) is 131 cm³/mol. The highest BCUT2D eigenvalue weighted by Crippen LogP contribution is 2.39. The number of amides is 2. The number of hydrogen-bond acceptors (Lipinski definition) is 8. The molecule has 168 valence electrons. The Morgan fingerprint density at radius 2 is 2.06 bits per heavy atom. The molecule has 0 aliphatic rings. The number of nitrogens with one attached hydrogen (secondary N) is 2. The molecule has 0 atom stereocenters. The van der Waals surface area contributed by atoms with Crippen molar-refractivity contribution in [2.45, 2.75) is 31.5 Å². The van der Waals surface area contributed by atoms with Gasteiger partial charge >= 0.3 is 6.09 Å². The maximum atomic E-state index is 12.8. The van der Waals surface area contributed by atoms with E-state index in [1.165, 1.54) is 29.2 Å². The minimum atomic E-state index is -0.587. The van der Waals surface area contributed by atoms with Crippen LogP contribution in [-0.2, 0) is 4.74 Å². The van der Waals surface area contributed by atoms with E-state index in [1.54, 1.807) is 18.2 Å². The van der Waals surface area contributed by atoms with Crippen LogP contribution in [0.3, 0.4) is 0 Å². The van der Waals surface area contributed by atoms with Crippen molar-refractivity contribution >= 4 is 56.7 Å². The first kappa shape index (κ1) is 23.6. The molecule has 2 heterocycles. The van der Waals surface area contributed by atoms with Gasteiger partial charge in [0.1, 0.15) is 16.3 Å². The van der Waals surface area contributed by atoms with Crippen LogP contribution in [0.4, 0.5) is 16.2 Å². The third-order valence-electron chi connectivity index (χ3n) is 4.16. The first-order valence-corrected chi connectivity index (χ1v) is 11.8. The van der Waals surface area contributed by atoms with Crippen LogP contribution in [0.5, 0.6) is 0 Å². The summed E-state index contributed by atoms with van der Waals surface area (Å²) in [6.45, 7) is 9.35. The number of hydrogen-bond donors (Lipinski definition) is 3. The number of benzene rings is 1. The standard InChI is InChI=1S/C22H25N5O3S2/c1-6-10-30-21(29)24-13-9-7-8-12(11-13)16-14-15(23)17(18(28)27-22(2,3)4)32-19(14)26-20(25-16)31-5/h6-9,11H,1,10,23H2,2-5H3,(H,24,29)(H,27,28). The minimum Gasteiger partial charge on any atom is -0.445 e. The van der Waals surface area contributed by atoms with Crippen LogP contribution in [0, 0.1) is 0 Å². The summed E-state index contributed by atoms with van der Waals surface area (Å²) in [6.07, 6.45) is 2.78. The third kappa shape index (κ3) is 5.38. The normalized spacial score (nSPS) is 11.2. The summed E-state index contributed by atoms with van der Waals surface area (Å²) < 4.78 is 4.98. The Morgan fingerprint density at radius 3 is 2.72 bits per heavy atom. The number of nitrogens with zero attached hydrogens (tertiary/aromatic N) is 2. The lowest BCUT2D eigenvalue weighted by Crippen LogP contribution is -2.40. The van der Waals surface area contributed by atoms with Crippen molar-refractivity contribution in [3.63, 3.8) is 0 Å². The zero-order chi connectivity index (χ0) is 23.5. The molecule has 0 saturated heterocycles. The molecule has 8 nitrogen and oxygen atoms in total. The molecule has 32 heavy (non-hydrogen) atoms. The lowest BCUT2D eigenvalue weighted by atomic mass is 10.1. The summed E-state index contributed by atoms with van der Waals surface area (Å²) in [7, 11) is 0. The average molecular weight is 472 g/mol. The highest BCUT2D eigenvalue weighted by atomic mass is 32.2. The molecule has 0 aliphatic heterocycles. The van der Waals surface area contributed by atoms with E-state index in [2.05, 4.69) is 27.2 Å². The van der Waals surface area contributed by atoms with Crippen LogP contribution in [0.25, 0.3) is 21.5 Å². The van der Waals surface area contributed by atoms with E-state index in [-0.39, 0.29) is 12.5 Å². The number of anilines is 2. The maximum Gasteiger partial charge on any atom is 0.411 e. The van der Waals surface area contributed by atoms with Gasteiger partial charge in [0.25, 0.3) is 5.91 Å². The fraction of sp³-hybridized carbons (Fsp3) is 0.273. The number of rotatable bonds is 6. The first-order chi connectivity index (χ1) is 15.1. The Balaban J connectivity index is 2.08. The molecule has 4 N–H and O–H groups in total. The van der Waals surface area contributed by atoms with Crippen molar-refractivity contribution in [2.24, 2.45) is 0 Å². The number of ether oxygens (including phenoxy) is 1. The second-order valence-electron chi connectivity index (χ2n) is 7.88. The fourth-order valence-corrected chi connectivity index (χ4v) is 4.31. The summed E-state index contributed by atoms with van der Waals surface area (Å²) in [5.41, 5.74) is 8.20. The number of aromatic nitrogens is 2. The van der Waals surface area contributed by atoms with Gasteiger partial charge in [-0.05, 0) is 39.2 Å². The lowest BCUT2D eigenvalue weighted by Gasteiger charge is -2.20. The van der Waals surface area contributed by atoms with Crippen LogP contribution in [0.2, 0.25) is 0 Å². The second-order valence-corrected chi connectivity index (χ2v) is 9.65. The van der Waals surface area contributed by atoms with Gasteiger partial charge in [0, 0.05) is 16.8 Å². The van der Waals surface area contributed by atoms with Gasteiger partial charge in [-0.25, -0.2) is 14.8 Å². The van der Waals surface area contributed by atoms with Gasteiger partial charge in [0.05, 0.1) is 16.8 Å². The van der Waals surface area contributed by atoms with Gasteiger partial charge in [-0.2, -0.15) is 0 Å². The molecule has 0 spiro atoms. The third-order valence-corrected chi connectivity index (χ3v) is 5.81. The van der Waals surface area contributed by atoms with Crippen LogP contribution in [0.1, 0.15) is 30.4 Å². The Morgan fingerprint density at radius 1 is 1.31 bits per heavy atom.